The van der Waals surface area contributed by atoms with Crippen molar-refractivity contribution in [2.75, 3.05) is 41.3 Å². The van der Waals surface area contributed by atoms with Crippen LogP contribution in [0.2, 0.25) is 0 Å². The number of carbonyl (C=O) groups excluding carboxylic acids is 1. The number of carbonyl (C=O) groups is 1. The van der Waals surface area contributed by atoms with Crippen LogP contribution in [0.5, 0.6) is 0 Å². The summed E-state index contributed by atoms with van der Waals surface area (Å²) in [6.07, 6.45) is 1.66. The van der Waals surface area contributed by atoms with Crippen LogP contribution in [0.4, 0.5) is 17.2 Å². The van der Waals surface area contributed by atoms with Crippen LogP contribution in [-0.2, 0) is 4.79 Å². The number of hydrogen-bond acceptors (Lipinski definition) is 5. The lowest BCUT2D eigenvalue weighted by atomic mass is 9.95. The van der Waals surface area contributed by atoms with Crippen LogP contribution in [0.3, 0.4) is 0 Å². The highest BCUT2D eigenvalue weighted by atomic mass is 16.1. The largest absolute Gasteiger partial charge is 0.372 e. The molecule has 0 aliphatic carbocycles. The van der Waals surface area contributed by atoms with Crippen LogP contribution in [0, 0.1) is 19.8 Å². The number of aromatic nitrogens is 2. The van der Waals surface area contributed by atoms with Crippen molar-refractivity contribution in [1.29, 1.82) is 0 Å². The topological polar surface area (TPSA) is 61.4 Å². The third kappa shape index (κ3) is 4.61. The molecule has 6 heteroatoms. The fourth-order valence-electron chi connectivity index (χ4n) is 3.74. The van der Waals surface area contributed by atoms with Gasteiger partial charge in [0.15, 0.2) is 5.82 Å². The number of aryl methyl sites for hydroxylation is 2. The van der Waals surface area contributed by atoms with Crippen molar-refractivity contribution in [2.45, 2.75) is 40.5 Å². The van der Waals surface area contributed by atoms with Gasteiger partial charge in [0.05, 0.1) is 5.69 Å². The van der Waals surface area contributed by atoms with E-state index in [0.29, 0.717) is 0 Å². The minimum Gasteiger partial charge on any atom is -0.372 e. The maximum atomic E-state index is 12.8. The highest BCUT2D eigenvalue weighted by Gasteiger charge is 2.26. The standard InChI is InChI=1S/C22H31N5O/c1-5-26(6-2)19-8-9-20(16(3)15-19)23-22(28)18-11-13-27(14-12-18)21-10-7-17(4)24-25-21/h7-10,15,18H,5-6,11-14H2,1-4H3,(H,23,28). The van der Waals surface area contributed by atoms with E-state index in [0.717, 1.165) is 61.8 Å². The van der Waals surface area contributed by atoms with Crippen LogP contribution >= 0.6 is 0 Å². The average molecular weight is 382 g/mol. The summed E-state index contributed by atoms with van der Waals surface area (Å²) in [6, 6.07) is 10.3. The second-order valence-corrected chi connectivity index (χ2v) is 7.46. The molecule has 1 fully saturated rings. The molecule has 1 saturated heterocycles. The average Bonchev–Trinajstić information content (AvgIpc) is 2.71. The molecule has 0 unspecified atom stereocenters. The minimum absolute atomic E-state index is 0.0384. The van der Waals surface area contributed by atoms with Gasteiger partial charge < -0.3 is 15.1 Å². The maximum absolute atomic E-state index is 12.8. The Morgan fingerprint density at radius 2 is 1.82 bits per heavy atom. The van der Waals surface area contributed by atoms with Crippen LogP contribution in [0.1, 0.15) is 37.9 Å². The Morgan fingerprint density at radius 1 is 1.11 bits per heavy atom. The Morgan fingerprint density at radius 3 is 2.39 bits per heavy atom. The molecule has 1 amide bonds. The lowest BCUT2D eigenvalue weighted by Gasteiger charge is -2.32. The Labute approximate surface area is 168 Å². The molecule has 1 aliphatic rings. The Hall–Kier alpha value is -2.63. The molecule has 150 valence electrons. The highest BCUT2D eigenvalue weighted by Crippen LogP contribution is 2.26. The lowest BCUT2D eigenvalue weighted by Crippen LogP contribution is -2.38. The summed E-state index contributed by atoms with van der Waals surface area (Å²) in [4.78, 5) is 17.3. The maximum Gasteiger partial charge on any atom is 0.227 e. The summed E-state index contributed by atoms with van der Waals surface area (Å²) in [5.41, 5.74) is 4.13. The molecule has 1 aromatic heterocycles. The monoisotopic (exact) mass is 381 g/mol. The zero-order valence-corrected chi connectivity index (χ0v) is 17.4. The van der Waals surface area contributed by atoms with Crippen molar-refractivity contribution in [2.24, 2.45) is 5.92 Å². The normalized spacial score (nSPS) is 14.8. The quantitative estimate of drug-likeness (QED) is 0.825. The zero-order valence-electron chi connectivity index (χ0n) is 17.4. The number of nitrogens with zero attached hydrogens (tertiary/aromatic N) is 4. The predicted molar refractivity (Wildman–Crippen MR) is 115 cm³/mol. The van der Waals surface area contributed by atoms with Gasteiger partial charge in [-0.1, -0.05) is 0 Å². The van der Waals surface area contributed by atoms with Crippen molar-refractivity contribution in [3.8, 4) is 0 Å². The van der Waals surface area contributed by atoms with Gasteiger partial charge in [0.1, 0.15) is 0 Å². The number of benzene rings is 1. The van der Waals surface area contributed by atoms with Gasteiger partial charge in [-0.25, -0.2) is 0 Å². The smallest absolute Gasteiger partial charge is 0.227 e. The Kier molecular flexibility index (Phi) is 6.49. The molecular formula is C22H31N5O. The summed E-state index contributed by atoms with van der Waals surface area (Å²) < 4.78 is 0. The van der Waals surface area contributed by atoms with Crippen LogP contribution in [-0.4, -0.2) is 42.3 Å². The Bertz CT molecular complexity index is 793. The van der Waals surface area contributed by atoms with Gasteiger partial charge in [-0.2, -0.15) is 5.10 Å². The van der Waals surface area contributed by atoms with Gasteiger partial charge in [0.2, 0.25) is 5.91 Å². The fourth-order valence-corrected chi connectivity index (χ4v) is 3.74. The summed E-state index contributed by atoms with van der Waals surface area (Å²) in [5.74, 6) is 1.05. The van der Waals surface area contributed by atoms with E-state index in [9.17, 15) is 4.79 Å². The van der Waals surface area contributed by atoms with Crippen molar-refractivity contribution in [3.63, 3.8) is 0 Å². The van der Waals surface area contributed by atoms with Crippen LogP contribution in [0.25, 0.3) is 0 Å². The first kappa shape index (κ1) is 20.1. The number of nitrogens with one attached hydrogen (secondary N) is 1. The van der Waals surface area contributed by atoms with Gasteiger partial charge >= 0.3 is 0 Å². The Balaban J connectivity index is 1.58. The zero-order chi connectivity index (χ0) is 20.1. The molecule has 2 heterocycles. The van der Waals surface area contributed by atoms with Gasteiger partial charge in [0, 0.05) is 43.5 Å². The SMILES string of the molecule is CCN(CC)c1ccc(NC(=O)C2CCN(c3ccc(C)nn3)CC2)c(C)c1. The van der Waals surface area contributed by atoms with Gasteiger partial charge in [-0.15, -0.1) is 5.10 Å². The van der Waals surface area contributed by atoms with E-state index in [4.69, 9.17) is 0 Å². The molecule has 6 nitrogen and oxygen atoms in total. The number of rotatable bonds is 6. The van der Waals surface area contributed by atoms with Gasteiger partial charge in [-0.3, -0.25) is 4.79 Å². The van der Waals surface area contributed by atoms with Crippen LogP contribution < -0.4 is 15.1 Å². The first-order valence-electron chi connectivity index (χ1n) is 10.2. The third-order valence-electron chi connectivity index (χ3n) is 5.57. The van der Waals surface area contributed by atoms with Crippen molar-refractivity contribution in [1.82, 2.24) is 10.2 Å². The fraction of sp³-hybridized carbons (Fsp3) is 0.500. The summed E-state index contributed by atoms with van der Waals surface area (Å²) in [7, 11) is 0. The molecule has 1 aliphatic heterocycles. The predicted octanol–water partition coefficient (Wildman–Crippen LogP) is 3.79. The first-order chi connectivity index (χ1) is 13.5. The molecule has 0 bridgehead atoms. The van der Waals surface area contributed by atoms with E-state index in [2.05, 4.69) is 58.2 Å². The molecule has 0 spiro atoms. The molecule has 28 heavy (non-hydrogen) atoms. The molecule has 1 aromatic carbocycles. The summed E-state index contributed by atoms with van der Waals surface area (Å²) in [6.45, 7) is 11.9. The van der Waals surface area contributed by atoms with E-state index >= 15 is 0 Å². The van der Waals surface area contributed by atoms with Crippen molar-refractivity contribution >= 4 is 23.1 Å². The molecule has 2 aromatic rings. The van der Waals surface area contributed by atoms with E-state index in [1.807, 2.05) is 25.1 Å². The van der Waals surface area contributed by atoms with Gasteiger partial charge in [0.25, 0.3) is 0 Å². The van der Waals surface area contributed by atoms with Crippen LogP contribution in [0.15, 0.2) is 30.3 Å². The molecule has 1 N–H and O–H groups in total. The summed E-state index contributed by atoms with van der Waals surface area (Å²) >= 11 is 0. The highest BCUT2D eigenvalue weighted by molar-refractivity contribution is 5.93. The second-order valence-electron chi connectivity index (χ2n) is 7.46. The van der Waals surface area contributed by atoms with Crippen molar-refractivity contribution in [3.05, 3.63) is 41.6 Å². The number of anilines is 3. The number of hydrogen-bond donors (Lipinski definition) is 1. The first-order valence-corrected chi connectivity index (χ1v) is 10.2. The second kappa shape index (κ2) is 9.04. The van der Waals surface area contributed by atoms with E-state index in [1.165, 1.54) is 5.69 Å². The van der Waals surface area contributed by atoms with E-state index in [1.54, 1.807) is 0 Å². The number of amides is 1. The minimum atomic E-state index is 0.0384. The third-order valence-corrected chi connectivity index (χ3v) is 5.57. The molecule has 0 saturated carbocycles. The lowest BCUT2D eigenvalue weighted by molar-refractivity contribution is -0.120. The van der Waals surface area contributed by atoms with Gasteiger partial charge in [-0.05, 0) is 76.4 Å². The summed E-state index contributed by atoms with van der Waals surface area (Å²) in [5, 5.41) is 11.5. The molecule has 0 radical (unpaired) electrons. The van der Waals surface area contributed by atoms with Crippen molar-refractivity contribution < 1.29 is 4.79 Å². The molecule has 3 rings (SSSR count). The molecule has 0 atom stereocenters. The van der Waals surface area contributed by atoms with E-state index in [-0.39, 0.29) is 11.8 Å². The molecular weight excluding hydrogens is 350 g/mol. The number of piperidine rings is 1. The van der Waals surface area contributed by atoms with E-state index < -0.39 is 0 Å².